The van der Waals surface area contributed by atoms with Gasteiger partial charge in [-0.3, -0.25) is 4.79 Å². The van der Waals surface area contributed by atoms with Crippen molar-refractivity contribution in [2.75, 3.05) is 30.3 Å². The molecule has 2 aliphatic rings. The lowest BCUT2D eigenvalue weighted by atomic mass is 10.2. The van der Waals surface area contributed by atoms with Gasteiger partial charge in [-0.05, 0) is 37.5 Å². The summed E-state index contributed by atoms with van der Waals surface area (Å²) in [6, 6.07) is 8.15. The van der Waals surface area contributed by atoms with Gasteiger partial charge in [0, 0.05) is 30.5 Å². The quantitative estimate of drug-likeness (QED) is 0.781. The van der Waals surface area contributed by atoms with Gasteiger partial charge in [0.1, 0.15) is 6.54 Å². The molecular formula is C17H24N4O2. The summed E-state index contributed by atoms with van der Waals surface area (Å²) in [7, 11) is 0. The lowest BCUT2D eigenvalue weighted by Crippen LogP contribution is -2.49. The van der Waals surface area contributed by atoms with Crippen molar-refractivity contribution in [1.82, 2.24) is 10.2 Å². The molecule has 6 heteroatoms. The Bertz CT molecular complexity index is 569. The van der Waals surface area contributed by atoms with Gasteiger partial charge >= 0.3 is 6.03 Å². The molecule has 1 heterocycles. The summed E-state index contributed by atoms with van der Waals surface area (Å²) < 4.78 is 0. The second-order valence-corrected chi connectivity index (χ2v) is 6.26. The van der Waals surface area contributed by atoms with Crippen LogP contribution in [-0.2, 0) is 4.79 Å². The van der Waals surface area contributed by atoms with E-state index in [1.807, 2.05) is 24.3 Å². The van der Waals surface area contributed by atoms with Gasteiger partial charge in [0.25, 0.3) is 0 Å². The summed E-state index contributed by atoms with van der Waals surface area (Å²) in [5.41, 5.74) is 1.79. The Morgan fingerprint density at radius 3 is 2.78 bits per heavy atom. The minimum Gasteiger partial charge on any atom is -0.382 e. The number of carbonyl (C=O) groups is 2. The topological polar surface area (TPSA) is 73.5 Å². The van der Waals surface area contributed by atoms with Crippen LogP contribution in [0.25, 0.3) is 0 Å². The van der Waals surface area contributed by atoms with Crippen LogP contribution in [0.4, 0.5) is 16.2 Å². The minimum absolute atomic E-state index is 0.0894. The number of carbonyl (C=O) groups excluding carboxylic acids is 2. The number of benzene rings is 1. The van der Waals surface area contributed by atoms with Crippen molar-refractivity contribution in [2.45, 2.75) is 38.1 Å². The van der Waals surface area contributed by atoms with Crippen molar-refractivity contribution in [3.05, 3.63) is 24.3 Å². The number of hydrogen-bond acceptors (Lipinski definition) is 3. The van der Waals surface area contributed by atoms with Crippen molar-refractivity contribution >= 4 is 23.3 Å². The zero-order chi connectivity index (χ0) is 16.1. The van der Waals surface area contributed by atoms with E-state index in [4.69, 9.17) is 0 Å². The number of nitrogens with zero attached hydrogens (tertiary/aromatic N) is 1. The van der Waals surface area contributed by atoms with Gasteiger partial charge in [-0.2, -0.15) is 0 Å². The maximum atomic E-state index is 12.1. The Morgan fingerprint density at radius 2 is 2.00 bits per heavy atom. The molecule has 1 saturated heterocycles. The molecule has 3 rings (SSSR count). The van der Waals surface area contributed by atoms with Gasteiger partial charge in [-0.25, -0.2) is 4.79 Å². The molecule has 1 saturated carbocycles. The van der Waals surface area contributed by atoms with E-state index in [0.717, 1.165) is 17.8 Å². The molecule has 0 bridgehead atoms. The molecule has 0 spiro atoms. The molecule has 1 aliphatic heterocycles. The largest absolute Gasteiger partial charge is 0.382 e. The first-order valence-electron chi connectivity index (χ1n) is 8.40. The van der Waals surface area contributed by atoms with E-state index in [1.54, 1.807) is 4.90 Å². The van der Waals surface area contributed by atoms with Crippen LogP contribution in [0.2, 0.25) is 0 Å². The van der Waals surface area contributed by atoms with E-state index in [-0.39, 0.29) is 18.5 Å². The Balaban J connectivity index is 1.54. The molecule has 2 fully saturated rings. The number of urea groups is 1. The fraction of sp³-hybridized carbons (Fsp3) is 0.529. The summed E-state index contributed by atoms with van der Waals surface area (Å²) >= 11 is 0. The van der Waals surface area contributed by atoms with E-state index >= 15 is 0 Å². The van der Waals surface area contributed by atoms with Crippen molar-refractivity contribution in [1.29, 1.82) is 0 Å². The zero-order valence-corrected chi connectivity index (χ0v) is 13.3. The van der Waals surface area contributed by atoms with Crippen LogP contribution in [0.15, 0.2) is 24.3 Å². The summed E-state index contributed by atoms with van der Waals surface area (Å²) in [6.07, 6.45) is 5.86. The average molecular weight is 316 g/mol. The predicted molar refractivity (Wildman–Crippen MR) is 90.5 cm³/mol. The lowest BCUT2D eigenvalue weighted by molar-refractivity contribution is -0.116. The van der Waals surface area contributed by atoms with Gasteiger partial charge in [-0.1, -0.05) is 18.9 Å². The second kappa shape index (κ2) is 7.35. The molecule has 124 valence electrons. The Kier molecular flexibility index (Phi) is 5.00. The van der Waals surface area contributed by atoms with Gasteiger partial charge in [0.15, 0.2) is 0 Å². The summed E-state index contributed by atoms with van der Waals surface area (Å²) in [5, 5.41) is 9.14. The van der Waals surface area contributed by atoms with E-state index in [2.05, 4.69) is 16.0 Å². The molecule has 3 N–H and O–H groups in total. The monoisotopic (exact) mass is 316 g/mol. The van der Waals surface area contributed by atoms with E-state index in [1.165, 1.54) is 25.7 Å². The number of anilines is 2. The number of amides is 3. The molecule has 23 heavy (non-hydrogen) atoms. The van der Waals surface area contributed by atoms with Gasteiger partial charge in [0.05, 0.1) is 0 Å². The molecule has 6 nitrogen and oxygen atoms in total. The number of nitrogens with one attached hydrogen (secondary N) is 3. The molecular weight excluding hydrogens is 292 g/mol. The maximum Gasteiger partial charge on any atom is 0.317 e. The Morgan fingerprint density at radius 1 is 1.22 bits per heavy atom. The normalized spacial score (nSPS) is 18.6. The highest BCUT2D eigenvalue weighted by molar-refractivity contribution is 5.94. The first kappa shape index (κ1) is 15.6. The average Bonchev–Trinajstić information content (AvgIpc) is 3.03. The first-order valence-corrected chi connectivity index (χ1v) is 8.40. The Labute approximate surface area is 136 Å². The van der Waals surface area contributed by atoms with Crippen molar-refractivity contribution in [2.24, 2.45) is 0 Å². The van der Waals surface area contributed by atoms with Crippen LogP contribution < -0.4 is 16.0 Å². The first-order chi connectivity index (χ1) is 11.2. The number of rotatable bonds is 5. The third-order valence-corrected chi connectivity index (χ3v) is 4.38. The van der Waals surface area contributed by atoms with Crippen molar-refractivity contribution in [3.63, 3.8) is 0 Å². The summed E-state index contributed by atoms with van der Waals surface area (Å²) in [4.78, 5) is 25.3. The fourth-order valence-corrected chi connectivity index (χ4v) is 3.20. The van der Waals surface area contributed by atoms with Crippen molar-refractivity contribution < 1.29 is 9.59 Å². The van der Waals surface area contributed by atoms with Crippen LogP contribution in [-0.4, -0.2) is 42.5 Å². The van der Waals surface area contributed by atoms with E-state index < -0.39 is 0 Å². The van der Waals surface area contributed by atoms with Crippen LogP contribution in [0, 0.1) is 0 Å². The van der Waals surface area contributed by atoms with Crippen LogP contribution in [0.3, 0.4) is 0 Å². The highest BCUT2D eigenvalue weighted by atomic mass is 16.2. The van der Waals surface area contributed by atoms with Crippen LogP contribution in [0.5, 0.6) is 0 Å². The molecule has 0 aromatic heterocycles. The standard InChI is InChI=1S/C17H24N4O2/c22-16(12-21-10-4-9-18-17(21)23)20-15-8-3-7-14(11-15)19-13-5-1-2-6-13/h3,7-8,11,13,19H,1-2,4-6,9-10,12H2,(H,18,23)(H,20,22). The van der Waals surface area contributed by atoms with E-state index in [0.29, 0.717) is 19.1 Å². The number of hydrogen-bond donors (Lipinski definition) is 3. The third kappa shape index (κ3) is 4.37. The Hall–Kier alpha value is -2.24. The van der Waals surface area contributed by atoms with Gasteiger partial charge < -0.3 is 20.9 Å². The van der Waals surface area contributed by atoms with Crippen molar-refractivity contribution in [3.8, 4) is 0 Å². The van der Waals surface area contributed by atoms with Gasteiger partial charge in [-0.15, -0.1) is 0 Å². The SMILES string of the molecule is O=C(CN1CCCNC1=O)Nc1cccc(NC2CCCC2)c1. The molecule has 0 atom stereocenters. The highest BCUT2D eigenvalue weighted by Crippen LogP contribution is 2.23. The summed E-state index contributed by atoms with van der Waals surface area (Å²) in [5.74, 6) is -0.167. The summed E-state index contributed by atoms with van der Waals surface area (Å²) in [6.45, 7) is 1.40. The molecule has 1 aromatic carbocycles. The van der Waals surface area contributed by atoms with Crippen LogP contribution in [0.1, 0.15) is 32.1 Å². The second-order valence-electron chi connectivity index (χ2n) is 6.26. The zero-order valence-electron chi connectivity index (χ0n) is 13.3. The van der Waals surface area contributed by atoms with E-state index in [9.17, 15) is 9.59 Å². The molecule has 1 aromatic rings. The minimum atomic E-state index is -0.167. The fourth-order valence-electron chi connectivity index (χ4n) is 3.20. The lowest BCUT2D eigenvalue weighted by Gasteiger charge is -2.26. The highest BCUT2D eigenvalue weighted by Gasteiger charge is 2.20. The molecule has 1 aliphatic carbocycles. The molecule has 3 amide bonds. The maximum absolute atomic E-state index is 12.1. The smallest absolute Gasteiger partial charge is 0.317 e. The van der Waals surface area contributed by atoms with Gasteiger partial charge in [0.2, 0.25) is 5.91 Å². The van der Waals surface area contributed by atoms with Crippen LogP contribution >= 0.6 is 0 Å². The molecule has 0 radical (unpaired) electrons. The predicted octanol–water partition coefficient (Wildman–Crippen LogP) is 2.39. The molecule has 0 unspecified atom stereocenters. The third-order valence-electron chi connectivity index (χ3n) is 4.38.